The minimum absolute atomic E-state index is 0.502. The van der Waals surface area contributed by atoms with Gasteiger partial charge in [0, 0.05) is 24.9 Å². The Hall–Kier alpha value is -0.370. The standard InChI is InChI=1S/C11H19NO/c1-2-6-12-9-4-3-5-10(12)8-11(13)7-9/h9-10H,2-8H2,1H3. The average Bonchev–Trinajstić information content (AvgIpc) is 2.07. The molecule has 74 valence electrons. The van der Waals surface area contributed by atoms with Gasteiger partial charge < -0.3 is 0 Å². The summed E-state index contributed by atoms with van der Waals surface area (Å²) in [5.41, 5.74) is 0. The Balaban J connectivity index is 2.05. The Morgan fingerprint density at radius 2 is 1.92 bits per heavy atom. The molecule has 0 saturated carbocycles. The van der Waals surface area contributed by atoms with Crippen molar-refractivity contribution in [1.82, 2.24) is 4.90 Å². The van der Waals surface area contributed by atoms with E-state index in [2.05, 4.69) is 11.8 Å². The van der Waals surface area contributed by atoms with Gasteiger partial charge in [-0.2, -0.15) is 0 Å². The number of hydrogen-bond donors (Lipinski definition) is 0. The summed E-state index contributed by atoms with van der Waals surface area (Å²) in [6.45, 7) is 3.43. The van der Waals surface area contributed by atoms with Crippen LogP contribution in [-0.4, -0.2) is 29.3 Å². The van der Waals surface area contributed by atoms with Gasteiger partial charge in [-0.15, -0.1) is 0 Å². The third-order valence-electron chi connectivity index (χ3n) is 3.42. The van der Waals surface area contributed by atoms with E-state index in [-0.39, 0.29) is 0 Å². The van der Waals surface area contributed by atoms with Gasteiger partial charge in [-0.25, -0.2) is 0 Å². The molecule has 2 unspecified atom stereocenters. The van der Waals surface area contributed by atoms with Gasteiger partial charge in [0.2, 0.25) is 0 Å². The van der Waals surface area contributed by atoms with Crippen molar-refractivity contribution in [3.05, 3.63) is 0 Å². The molecular weight excluding hydrogens is 162 g/mol. The number of Topliss-reactive ketones (excluding diaryl/α,β-unsaturated/α-hetero) is 1. The molecular formula is C11H19NO. The van der Waals surface area contributed by atoms with Crippen molar-refractivity contribution in [2.75, 3.05) is 6.54 Å². The van der Waals surface area contributed by atoms with Gasteiger partial charge in [-0.1, -0.05) is 13.3 Å². The lowest BCUT2D eigenvalue weighted by atomic mass is 9.84. The van der Waals surface area contributed by atoms with E-state index in [9.17, 15) is 4.79 Å². The highest BCUT2D eigenvalue weighted by atomic mass is 16.1. The zero-order valence-electron chi connectivity index (χ0n) is 8.46. The first kappa shape index (κ1) is 9.20. The lowest BCUT2D eigenvalue weighted by molar-refractivity contribution is -0.127. The van der Waals surface area contributed by atoms with Gasteiger partial charge in [0.25, 0.3) is 0 Å². The van der Waals surface area contributed by atoms with Gasteiger partial charge in [-0.3, -0.25) is 9.69 Å². The highest BCUT2D eigenvalue weighted by molar-refractivity contribution is 5.80. The van der Waals surface area contributed by atoms with E-state index in [1.54, 1.807) is 0 Å². The van der Waals surface area contributed by atoms with Crippen molar-refractivity contribution >= 4 is 5.78 Å². The first-order valence-corrected chi connectivity index (χ1v) is 5.58. The van der Waals surface area contributed by atoms with Crippen molar-refractivity contribution in [2.24, 2.45) is 0 Å². The lowest BCUT2D eigenvalue weighted by Gasteiger charge is -2.45. The molecule has 0 N–H and O–H groups in total. The number of rotatable bonds is 2. The number of ketones is 1. The first-order chi connectivity index (χ1) is 6.31. The van der Waals surface area contributed by atoms with Crippen LogP contribution < -0.4 is 0 Å². The van der Waals surface area contributed by atoms with Gasteiger partial charge >= 0.3 is 0 Å². The van der Waals surface area contributed by atoms with Crippen LogP contribution in [0.3, 0.4) is 0 Å². The maximum Gasteiger partial charge on any atom is 0.136 e. The molecule has 2 saturated heterocycles. The summed E-state index contributed by atoms with van der Waals surface area (Å²) in [4.78, 5) is 14.0. The zero-order chi connectivity index (χ0) is 9.26. The minimum Gasteiger partial charge on any atom is -0.300 e. The summed E-state index contributed by atoms with van der Waals surface area (Å²) in [6.07, 6.45) is 6.72. The zero-order valence-corrected chi connectivity index (χ0v) is 8.46. The van der Waals surface area contributed by atoms with Crippen molar-refractivity contribution in [1.29, 1.82) is 0 Å². The van der Waals surface area contributed by atoms with Crippen LogP contribution in [0.2, 0.25) is 0 Å². The quantitative estimate of drug-likeness (QED) is 0.649. The molecule has 2 atom stereocenters. The lowest BCUT2D eigenvalue weighted by Crippen LogP contribution is -2.52. The van der Waals surface area contributed by atoms with E-state index in [1.165, 1.54) is 32.2 Å². The first-order valence-electron chi connectivity index (χ1n) is 5.58. The van der Waals surface area contributed by atoms with Gasteiger partial charge in [0.05, 0.1) is 0 Å². The van der Waals surface area contributed by atoms with Gasteiger partial charge in [0.1, 0.15) is 5.78 Å². The molecule has 0 aromatic carbocycles. The summed E-state index contributed by atoms with van der Waals surface area (Å²) >= 11 is 0. The number of nitrogens with zero attached hydrogens (tertiary/aromatic N) is 1. The second kappa shape index (κ2) is 3.79. The molecule has 2 bridgehead atoms. The Kier molecular flexibility index (Phi) is 2.68. The topological polar surface area (TPSA) is 20.3 Å². The number of fused-ring (bicyclic) bond motifs is 2. The Morgan fingerprint density at radius 3 is 2.46 bits per heavy atom. The monoisotopic (exact) mass is 181 g/mol. The molecule has 0 radical (unpaired) electrons. The van der Waals surface area contributed by atoms with E-state index in [0.29, 0.717) is 17.9 Å². The van der Waals surface area contributed by atoms with Gasteiger partial charge in [-0.05, 0) is 25.8 Å². The van der Waals surface area contributed by atoms with Crippen LogP contribution in [0.1, 0.15) is 45.4 Å². The predicted octanol–water partition coefficient (Wildman–Crippen LogP) is 1.98. The highest BCUT2D eigenvalue weighted by Crippen LogP contribution is 2.31. The normalized spacial score (nSPS) is 35.0. The fourth-order valence-electron chi connectivity index (χ4n) is 2.89. The largest absolute Gasteiger partial charge is 0.300 e. The van der Waals surface area contributed by atoms with Crippen LogP contribution in [0, 0.1) is 0 Å². The summed E-state index contributed by atoms with van der Waals surface area (Å²) in [5, 5.41) is 0. The van der Waals surface area contributed by atoms with Crippen LogP contribution in [0.15, 0.2) is 0 Å². The van der Waals surface area contributed by atoms with Crippen molar-refractivity contribution in [3.63, 3.8) is 0 Å². The van der Waals surface area contributed by atoms with Crippen LogP contribution >= 0.6 is 0 Å². The van der Waals surface area contributed by atoms with E-state index >= 15 is 0 Å². The molecule has 13 heavy (non-hydrogen) atoms. The van der Waals surface area contributed by atoms with Crippen LogP contribution in [0.5, 0.6) is 0 Å². The molecule has 2 nitrogen and oxygen atoms in total. The number of hydrogen-bond acceptors (Lipinski definition) is 2. The number of piperidine rings is 2. The van der Waals surface area contributed by atoms with Crippen LogP contribution in [0.25, 0.3) is 0 Å². The van der Waals surface area contributed by atoms with E-state index in [4.69, 9.17) is 0 Å². The molecule has 2 heteroatoms. The molecule has 0 aromatic rings. The van der Waals surface area contributed by atoms with Crippen molar-refractivity contribution in [3.8, 4) is 0 Å². The van der Waals surface area contributed by atoms with Crippen molar-refractivity contribution < 1.29 is 4.79 Å². The fraction of sp³-hybridized carbons (Fsp3) is 0.909. The molecule has 0 amide bonds. The smallest absolute Gasteiger partial charge is 0.136 e. The minimum atomic E-state index is 0.502. The molecule has 2 rings (SSSR count). The second-order valence-electron chi connectivity index (χ2n) is 4.42. The van der Waals surface area contributed by atoms with E-state index < -0.39 is 0 Å². The second-order valence-corrected chi connectivity index (χ2v) is 4.42. The molecule has 2 heterocycles. The fourth-order valence-corrected chi connectivity index (χ4v) is 2.89. The maximum atomic E-state index is 11.4. The van der Waals surface area contributed by atoms with E-state index in [0.717, 1.165) is 12.8 Å². The molecule has 2 aliphatic heterocycles. The maximum absolute atomic E-state index is 11.4. The van der Waals surface area contributed by atoms with E-state index in [1.807, 2.05) is 0 Å². The van der Waals surface area contributed by atoms with Crippen LogP contribution in [-0.2, 0) is 4.79 Å². The predicted molar refractivity (Wildman–Crippen MR) is 52.7 cm³/mol. The third-order valence-corrected chi connectivity index (χ3v) is 3.42. The third kappa shape index (κ3) is 1.78. The highest BCUT2D eigenvalue weighted by Gasteiger charge is 2.36. The summed E-state index contributed by atoms with van der Waals surface area (Å²) in [6, 6.07) is 1.19. The molecule has 0 spiro atoms. The summed E-state index contributed by atoms with van der Waals surface area (Å²) in [7, 11) is 0. The summed E-state index contributed by atoms with van der Waals surface area (Å²) in [5.74, 6) is 0.502. The Bertz CT molecular complexity index is 186. The SMILES string of the molecule is CCCN1C2CCCC1CC(=O)C2. The Labute approximate surface area is 80.3 Å². The number of carbonyl (C=O) groups excluding carboxylic acids is 1. The van der Waals surface area contributed by atoms with Crippen molar-refractivity contribution in [2.45, 2.75) is 57.5 Å². The molecule has 0 aromatic heterocycles. The molecule has 2 fully saturated rings. The molecule has 0 aliphatic carbocycles. The van der Waals surface area contributed by atoms with Crippen LogP contribution in [0.4, 0.5) is 0 Å². The summed E-state index contributed by atoms with van der Waals surface area (Å²) < 4.78 is 0. The molecule has 2 aliphatic rings. The Morgan fingerprint density at radius 1 is 1.31 bits per heavy atom. The number of carbonyl (C=O) groups is 1. The average molecular weight is 181 g/mol. The van der Waals surface area contributed by atoms with Gasteiger partial charge in [0.15, 0.2) is 0 Å².